The van der Waals surface area contributed by atoms with Gasteiger partial charge in [-0.05, 0) is 12.1 Å². The van der Waals surface area contributed by atoms with Crippen molar-refractivity contribution in [2.45, 2.75) is 19.4 Å². The Hall–Kier alpha value is -2.87. The van der Waals surface area contributed by atoms with Gasteiger partial charge >= 0.3 is 0 Å². The Balaban J connectivity index is 2.02. The second kappa shape index (κ2) is 6.80. The fourth-order valence-corrected chi connectivity index (χ4v) is 3.58. The average Bonchev–Trinajstić information content (AvgIpc) is 2.99. The maximum atomic E-state index is 12.1. The molecule has 0 radical (unpaired) electrons. The van der Waals surface area contributed by atoms with Gasteiger partial charge in [0.2, 0.25) is 15.9 Å². The molecule has 2 N–H and O–H groups in total. The lowest BCUT2D eigenvalue weighted by atomic mass is 9.97. The summed E-state index contributed by atoms with van der Waals surface area (Å²) < 4.78 is 25.7. The summed E-state index contributed by atoms with van der Waals surface area (Å²) in [7, 11) is -3.46. The predicted molar refractivity (Wildman–Crippen MR) is 99.4 cm³/mol. The third-order valence-corrected chi connectivity index (χ3v) is 4.65. The minimum atomic E-state index is -3.46. The molecule has 136 valence electrons. The average molecular weight is 373 g/mol. The highest BCUT2D eigenvalue weighted by Crippen LogP contribution is 2.37. The number of anilines is 1. The Morgan fingerprint density at radius 3 is 2.50 bits per heavy atom. The number of hydrogen-bond donors (Lipinski definition) is 2. The summed E-state index contributed by atoms with van der Waals surface area (Å²) in [6.45, 7) is 1.40. The Morgan fingerprint density at radius 1 is 1.19 bits per heavy atom. The van der Waals surface area contributed by atoms with Crippen molar-refractivity contribution < 1.29 is 18.3 Å². The smallest absolute Gasteiger partial charge is 0.240 e. The van der Waals surface area contributed by atoms with Crippen LogP contribution in [0.4, 0.5) is 5.69 Å². The number of nitrogens with zero attached hydrogens (tertiary/aromatic N) is 2. The van der Waals surface area contributed by atoms with Gasteiger partial charge in [0.25, 0.3) is 0 Å². The Labute approximate surface area is 152 Å². The largest absolute Gasteiger partial charge is 0.508 e. The molecule has 3 rings (SSSR count). The van der Waals surface area contributed by atoms with Crippen molar-refractivity contribution in [3.63, 3.8) is 0 Å². The Kier molecular flexibility index (Phi) is 4.69. The second-order valence-corrected chi connectivity index (χ2v) is 7.86. The van der Waals surface area contributed by atoms with E-state index in [4.69, 9.17) is 0 Å². The van der Waals surface area contributed by atoms with E-state index in [0.29, 0.717) is 28.9 Å². The van der Waals surface area contributed by atoms with Gasteiger partial charge in [0.05, 0.1) is 23.7 Å². The molecule has 0 unspecified atom stereocenters. The summed E-state index contributed by atoms with van der Waals surface area (Å²) in [4.78, 5) is 12.1. The number of aromatic hydroxyl groups is 1. The van der Waals surface area contributed by atoms with Crippen LogP contribution in [0.2, 0.25) is 0 Å². The number of nitrogens with one attached hydrogen (secondary N) is 1. The standard InChI is InChI=1S/C18H19N3O4S/c1-12(22)21-17(14-8-4-6-10-18(14)23)11-16(19-21)13-7-3-5-9-15(13)20-26(2,24)25/h3-10,17,20,23H,11H2,1-2H3/t17-/m1/s1. The molecule has 8 heteroatoms. The molecule has 2 aromatic carbocycles. The number of hydrogen-bond acceptors (Lipinski definition) is 5. The van der Waals surface area contributed by atoms with Crippen LogP contribution in [0.1, 0.15) is 30.5 Å². The zero-order valence-electron chi connectivity index (χ0n) is 14.4. The summed E-state index contributed by atoms with van der Waals surface area (Å²) >= 11 is 0. The molecule has 1 aliphatic rings. The van der Waals surface area contributed by atoms with Crippen LogP contribution < -0.4 is 4.72 Å². The van der Waals surface area contributed by atoms with Crippen LogP contribution >= 0.6 is 0 Å². The summed E-state index contributed by atoms with van der Waals surface area (Å²) in [6.07, 6.45) is 1.44. The van der Waals surface area contributed by atoms with E-state index in [1.807, 2.05) is 0 Å². The van der Waals surface area contributed by atoms with Crippen molar-refractivity contribution in [1.82, 2.24) is 5.01 Å². The highest BCUT2D eigenvalue weighted by Gasteiger charge is 2.33. The molecule has 0 saturated heterocycles. The highest BCUT2D eigenvalue weighted by atomic mass is 32.2. The number of rotatable bonds is 4. The van der Waals surface area contributed by atoms with Gasteiger partial charge in [-0.25, -0.2) is 13.4 Å². The lowest BCUT2D eigenvalue weighted by molar-refractivity contribution is -0.130. The topological polar surface area (TPSA) is 99.1 Å². The zero-order valence-corrected chi connectivity index (χ0v) is 15.2. The number of amides is 1. The lowest BCUT2D eigenvalue weighted by Crippen LogP contribution is -2.24. The van der Waals surface area contributed by atoms with Gasteiger partial charge in [0, 0.05) is 24.5 Å². The molecular formula is C18H19N3O4S. The molecule has 0 bridgehead atoms. The molecule has 0 aliphatic carbocycles. The van der Waals surface area contributed by atoms with E-state index >= 15 is 0 Å². The fraction of sp³-hybridized carbons (Fsp3) is 0.222. The van der Waals surface area contributed by atoms with Crippen LogP contribution in [0, 0.1) is 0 Å². The van der Waals surface area contributed by atoms with Crippen LogP contribution in [0.25, 0.3) is 0 Å². The van der Waals surface area contributed by atoms with Crippen LogP contribution in [0.15, 0.2) is 53.6 Å². The van der Waals surface area contributed by atoms with E-state index < -0.39 is 16.1 Å². The first-order valence-electron chi connectivity index (χ1n) is 7.98. The van der Waals surface area contributed by atoms with E-state index in [-0.39, 0.29) is 11.7 Å². The highest BCUT2D eigenvalue weighted by molar-refractivity contribution is 7.92. The molecule has 0 fully saturated rings. The molecule has 0 aromatic heterocycles. The van der Waals surface area contributed by atoms with E-state index in [0.717, 1.165) is 6.26 Å². The van der Waals surface area contributed by atoms with Crippen molar-refractivity contribution >= 4 is 27.3 Å². The van der Waals surface area contributed by atoms with Gasteiger partial charge in [-0.3, -0.25) is 9.52 Å². The first-order valence-corrected chi connectivity index (χ1v) is 9.88. The first-order chi connectivity index (χ1) is 12.3. The summed E-state index contributed by atoms with van der Waals surface area (Å²) in [5.74, 6) is -0.176. The summed E-state index contributed by atoms with van der Waals surface area (Å²) in [5.41, 5.74) is 2.16. The van der Waals surface area contributed by atoms with E-state index in [1.165, 1.54) is 11.9 Å². The minimum Gasteiger partial charge on any atom is -0.508 e. The first kappa shape index (κ1) is 17.9. The molecule has 0 spiro atoms. The van der Waals surface area contributed by atoms with Gasteiger partial charge in [0.15, 0.2) is 0 Å². The quantitative estimate of drug-likeness (QED) is 0.860. The molecule has 7 nitrogen and oxygen atoms in total. The maximum Gasteiger partial charge on any atom is 0.240 e. The summed E-state index contributed by atoms with van der Waals surface area (Å²) in [6, 6.07) is 13.2. The van der Waals surface area contributed by atoms with E-state index in [9.17, 15) is 18.3 Å². The van der Waals surface area contributed by atoms with Crippen molar-refractivity contribution in [3.05, 3.63) is 59.7 Å². The molecular weight excluding hydrogens is 354 g/mol. The van der Waals surface area contributed by atoms with E-state index in [1.54, 1.807) is 48.5 Å². The van der Waals surface area contributed by atoms with Crippen molar-refractivity contribution in [2.75, 3.05) is 11.0 Å². The van der Waals surface area contributed by atoms with E-state index in [2.05, 4.69) is 9.82 Å². The van der Waals surface area contributed by atoms with Crippen molar-refractivity contribution in [2.24, 2.45) is 5.10 Å². The number of carbonyl (C=O) groups excluding carboxylic acids is 1. The molecule has 1 atom stereocenters. The lowest BCUT2D eigenvalue weighted by Gasteiger charge is -2.21. The number of benzene rings is 2. The molecule has 26 heavy (non-hydrogen) atoms. The Morgan fingerprint density at radius 2 is 1.85 bits per heavy atom. The number of carbonyl (C=O) groups is 1. The fourth-order valence-electron chi connectivity index (χ4n) is 3.00. The number of sulfonamides is 1. The SMILES string of the molecule is CC(=O)N1N=C(c2ccccc2NS(C)(=O)=O)C[C@@H]1c1ccccc1O. The van der Waals surface area contributed by atoms with Crippen molar-refractivity contribution in [3.8, 4) is 5.75 Å². The number of hydrazone groups is 1. The molecule has 1 amide bonds. The predicted octanol–water partition coefficient (Wildman–Crippen LogP) is 2.46. The molecule has 1 aliphatic heterocycles. The number of para-hydroxylation sites is 2. The van der Waals surface area contributed by atoms with Crippen molar-refractivity contribution in [1.29, 1.82) is 0 Å². The molecule has 2 aromatic rings. The zero-order chi connectivity index (χ0) is 18.9. The second-order valence-electron chi connectivity index (χ2n) is 6.11. The maximum absolute atomic E-state index is 12.1. The van der Waals surface area contributed by atoms with Gasteiger partial charge in [-0.2, -0.15) is 5.10 Å². The van der Waals surface area contributed by atoms with Crippen LogP contribution in [-0.2, 0) is 14.8 Å². The van der Waals surface area contributed by atoms with Crippen LogP contribution in [-0.4, -0.2) is 36.4 Å². The van der Waals surface area contributed by atoms with Gasteiger partial charge in [0.1, 0.15) is 5.75 Å². The minimum absolute atomic E-state index is 0.0859. The van der Waals surface area contributed by atoms with Gasteiger partial charge in [-0.1, -0.05) is 36.4 Å². The van der Waals surface area contributed by atoms with Gasteiger partial charge < -0.3 is 5.11 Å². The number of phenolic OH excluding ortho intramolecular Hbond substituents is 1. The normalized spacial score (nSPS) is 17.1. The molecule has 0 saturated carbocycles. The Bertz CT molecular complexity index is 985. The van der Waals surface area contributed by atoms with Gasteiger partial charge in [-0.15, -0.1) is 0 Å². The summed E-state index contributed by atoms with van der Waals surface area (Å²) in [5, 5.41) is 15.9. The number of phenols is 1. The third kappa shape index (κ3) is 3.70. The monoisotopic (exact) mass is 373 g/mol. The van der Waals surface area contributed by atoms with Crippen LogP contribution in [0.3, 0.4) is 0 Å². The van der Waals surface area contributed by atoms with Crippen LogP contribution in [0.5, 0.6) is 5.75 Å². The third-order valence-electron chi connectivity index (χ3n) is 4.06. The molecule has 1 heterocycles.